The number of carbonyl (C=O) groups excluding carboxylic acids is 1. The van der Waals surface area contributed by atoms with Crippen LogP contribution in [0.1, 0.15) is 12.0 Å². The summed E-state index contributed by atoms with van der Waals surface area (Å²) < 4.78 is 0. The maximum absolute atomic E-state index is 12.2. The molecule has 0 aromatic heterocycles. The molecule has 4 heteroatoms. The summed E-state index contributed by atoms with van der Waals surface area (Å²) in [5.74, 6) is 0.176. The molecule has 1 unspecified atom stereocenters. The monoisotopic (exact) mass is 247 g/mol. The van der Waals surface area contributed by atoms with Crippen molar-refractivity contribution in [3.63, 3.8) is 0 Å². The number of carbonyl (C=O) groups is 1. The van der Waals surface area contributed by atoms with Crippen molar-refractivity contribution < 1.29 is 4.79 Å². The van der Waals surface area contributed by atoms with Crippen LogP contribution in [0.3, 0.4) is 0 Å². The fourth-order valence-electron chi connectivity index (χ4n) is 2.52. The number of nitrogens with two attached hydrogens (primary N) is 1. The number of likely N-dealkylation sites (N-methyl/N-ethyl adjacent to an activating group) is 1. The summed E-state index contributed by atoms with van der Waals surface area (Å²) in [6.45, 7) is 4.26. The lowest BCUT2D eigenvalue weighted by Gasteiger charge is -2.41. The smallest absolute Gasteiger partial charge is 0.245 e. The minimum atomic E-state index is -0.116. The molecule has 0 radical (unpaired) electrons. The van der Waals surface area contributed by atoms with Gasteiger partial charge >= 0.3 is 0 Å². The lowest BCUT2D eigenvalue weighted by Crippen LogP contribution is -2.56. The maximum Gasteiger partial charge on any atom is 0.245 e. The van der Waals surface area contributed by atoms with E-state index in [2.05, 4.69) is 24.0 Å². The van der Waals surface area contributed by atoms with Crippen LogP contribution in [0.5, 0.6) is 0 Å². The molecule has 98 valence electrons. The van der Waals surface area contributed by atoms with E-state index in [0.29, 0.717) is 13.0 Å². The molecular weight excluding hydrogens is 226 g/mol. The lowest BCUT2D eigenvalue weighted by atomic mass is 10.0. The van der Waals surface area contributed by atoms with Crippen LogP contribution in [0.15, 0.2) is 24.3 Å². The summed E-state index contributed by atoms with van der Waals surface area (Å²) >= 11 is 0. The minimum absolute atomic E-state index is 0.116. The first-order valence-corrected chi connectivity index (χ1v) is 6.42. The standard InChI is InChI=1S/C14H21N3O/c1-11-5-3-4-6-12(11)17-10-9-16(2)14(18)13(17)7-8-15/h3-6,13H,7-10,15H2,1-2H3. The van der Waals surface area contributed by atoms with Gasteiger partial charge in [0.15, 0.2) is 0 Å². The highest BCUT2D eigenvalue weighted by Crippen LogP contribution is 2.25. The largest absolute Gasteiger partial charge is 0.357 e. The number of aryl methyl sites for hydroxylation is 1. The van der Waals surface area contributed by atoms with Crippen molar-refractivity contribution in [2.24, 2.45) is 5.73 Å². The molecule has 0 saturated carbocycles. The van der Waals surface area contributed by atoms with Crippen LogP contribution in [-0.4, -0.2) is 43.5 Å². The van der Waals surface area contributed by atoms with E-state index in [1.54, 1.807) is 4.90 Å². The molecule has 0 spiro atoms. The van der Waals surface area contributed by atoms with Crippen molar-refractivity contribution in [1.29, 1.82) is 0 Å². The number of benzene rings is 1. The number of hydrogen-bond donors (Lipinski definition) is 1. The lowest BCUT2D eigenvalue weighted by molar-refractivity contribution is -0.133. The second kappa shape index (κ2) is 5.40. The van der Waals surface area contributed by atoms with E-state index in [1.165, 1.54) is 5.56 Å². The Bertz CT molecular complexity index is 433. The van der Waals surface area contributed by atoms with Crippen LogP contribution in [0.4, 0.5) is 5.69 Å². The predicted molar refractivity (Wildman–Crippen MR) is 73.6 cm³/mol. The average molecular weight is 247 g/mol. The van der Waals surface area contributed by atoms with Gasteiger partial charge in [0.1, 0.15) is 6.04 Å². The summed E-state index contributed by atoms with van der Waals surface area (Å²) in [4.78, 5) is 16.2. The maximum atomic E-state index is 12.2. The van der Waals surface area contributed by atoms with Gasteiger partial charge in [0.2, 0.25) is 5.91 Å². The van der Waals surface area contributed by atoms with Crippen LogP contribution in [0.25, 0.3) is 0 Å². The molecular formula is C14H21N3O. The second-order valence-corrected chi connectivity index (χ2v) is 4.83. The first-order valence-electron chi connectivity index (χ1n) is 6.42. The fraction of sp³-hybridized carbons (Fsp3) is 0.500. The van der Waals surface area contributed by atoms with E-state index in [1.807, 2.05) is 19.2 Å². The molecule has 2 rings (SSSR count). The molecule has 2 N–H and O–H groups in total. The highest BCUT2D eigenvalue weighted by molar-refractivity contribution is 5.86. The topological polar surface area (TPSA) is 49.6 Å². The molecule has 0 bridgehead atoms. The second-order valence-electron chi connectivity index (χ2n) is 4.83. The van der Waals surface area contributed by atoms with Gasteiger partial charge in [-0.05, 0) is 31.5 Å². The third-order valence-electron chi connectivity index (χ3n) is 3.58. The van der Waals surface area contributed by atoms with Gasteiger partial charge in [-0.1, -0.05) is 18.2 Å². The van der Waals surface area contributed by atoms with Crippen molar-refractivity contribution in [2.75, 3.05) is 31.6 Å². The average Bonchev–Trinajstić information content (AvgIpc) is 2.37. The van der Waals surface area contributed by atoms with Gasteiger partial charge in [0.25, 0.3) is 0 Å². The quantitative estimate of drug-likeness (QED) is 0.866. The number of anilines is 1. The van der Waals surface area contributed by atoms with Crippen molar-refractivity contribution in [2.45, 2.75) is 19.4 Å². The van der Waals surface area contributed by atoms with Crippen LogP contribution >= 0.6 is 0 Å². The Morgan fingerprint density at radius 3 is 2.72 bits per heavy atom. The van der Waals surface area contributed by atoms with Gasteiger partial charge in [-0.15, -0.1) is 0 Å². The Morgan fingerprint density at radius 1 is 1.33 bits per heavy atom. The summed E-state index contributed by atoms with van der Waals surface area (Å²) in [5, 5.41) is 0. The molecule has 1 aromatic rings. The van der Waals surface area contributed by atoms with Gasteiger partial charge in [-0.2, -0.15) is 0 Å². The predicted octanol–water partition coefficient (Wildman–Crippen LogP) is 0.991. The van der Waals surface area contributed by atoms with Crippen molar-refractivity contribution in [1.82, 2.24) is 4.90 Å². The van der Waals surface area contributed by atoms with Crippen LogP contribution < -0.4 is 10.6 Å². The van der Waals surface area contributed by atoms with Gasteiger partial charge < -0.3 is 15.5 Å². The zero-order valence-corrected chi connectivity index (χ0v) is 11.1. The Hall–Kier alpha value is -1.55. The first-order chi connectivity index (χ1) is 8.65. The molecule has 18 heavy (non-hydrogen) atoms. The van der Waals surface area contributed by atoms with E-state index in [0.717, 1.165) is 18.8 Å². The molecule has 0 aliphatic carbocycles. The van der Waals surface area contributed by atoms with Crippen molar-refractivity contribution >= 4 is 11.6 Å². The Morgan fingerprint density at radius 2 is 2.06 bits per heavy atom. The molecule has 1 amide bonds. The van der Waals surface area contributed by atoms with E-state index in [-0.39, 0.29) is 11.9 Å². The summed E-state index contributed by atoms with van der Waals surface area (Å²) in [6, 6.07) is 8.09. The van der Waals surface area contributed by atoms with Crippen molar-refractivity contribution in [3.8, 4) is 0 Å². The normalized spacial score (nSPS) is 20.4. The Kier molecular flexibility index (Phi) is 3.87. The van der Waals surface area contributed by atoms with Crippen LogP contribution in [0.2, 0.25) is 0 Å². The molecule has 1 aliphatic rings. The fourth-order valence-corrected chi connectivity index (χ4v) is 2.52. The molecule has 1 atom stereocenters. The molecule has 1 fully saturated rings. The van der Waals surface area contributed by atoms with Gasteiger partial charge in [-0.25, -0.2) is 0 Å². The van der Waals surface area contributed by atoms with E-state index in [9.17, 15) is 4.79 Å². The Balaban J connectivity index is 2.30. The summed E-state index contributed by atoms with van der Waals surface area (Å²) in [5.41, 5.74) is 8.00. The molecule has 1 aliphatic heterocycles. The van der Waals surface area contributed by atoms with Crippen LogP contribution in [-0.2, 0) is 4.79 Å². The van der Waals surface area contributed by atoms with Gasteiger partial charge in [0.05, 0.1) is 0 Å². The Labute approximate surface area is 108 Å². The third kappa shape index (κ3) is 2.34. The van der Waals surface area contributed by atoms with Crippen molar-refractivity contribution in [3.05, 3.63) is 29.8 Å². The SMILES string of the molecule is Cc1ccccc1N1CCN(C)C(=O)C1CCN. The number of rotatable bonds is 3. The van der Waals surface area contributed by atoms with Gasteiger partial charge in [0, 0.05) is 25.8 Å². The van der Waals surface area contributed by atoms with Gasteiger partial charge in [-0.3, -0.25) is 4.79 Å². The third-order valence-corrected chi connectivity index (χ3v) is 3.58. The highest BCUT2D eigenvalue weighted by atomic mass is 16.2. The van der Waals surface area contributed by atoms with Crippen LogP contribution in [0, 0.1) is 6.92 Å². The number of hydrogen-bond acceptors (Lipinski definition) is 3. The molecule has 1 saturated heterocycles. The molecule has 4 nitrogen and oxygen atoms in total. The number of piperazine rings is 1. The highest BCUT2D eigenvalue weighted by Gasteiger charge is 2.32. The van der Waals surface area contributed by atoms with E-state index >= 15 is 0 Å². The number of nitrogens with zero attached hydrogens (tertiary/aromatic N) is 2. The minimum Gasteiger partial charge on any atom is -0.357 e. The number of para-hydroxylation sites is 1. The zero-order valence-electron chi connectivity index (χ0n) is 11.1. The molecule has 1 aromatic carbocycles. The first kappa shape index (κ1) is 12.9. The van der Waals surface area contributed by atoms with E-state index < -0.39 is 0 Å². The number of amides is 1. The molecule has 1 heterocycles. The zero-order chi connectivity index (χ0) is 13.1. The summed E-state index contributed by atoms with van der Waals surface area (Å²) in [6.07, 6.45) is 0.706. The van der Waals surface area contributed by atoms with E-state index in [4.69, 9.17) is 5.73 Å². The summed E-state index contributed by atoms with van der Waals surface area (Å²) in [7, 11) is 1.86.